The molecule has 1 rings (SSSR count). The fourth-order valence-electron chi connectivity index (χ4n) is 0.869. The predicted molar refractivity (Wildman–Crippen MR) is 45.2 cm³/mol. The quantitative estimate of drug-likeness (QED) is 0.590. The van der Waals surface area contributed by atoms with E-state index in [1.165, 1.54) is 0 Å². The Morgan fingerprint density at radius 3 is 2.18 bits per heavy atom. The predicted octanol–water partition coefficient (Wildman–Crippen LogP) is 2.79. The van der Waals surface area contributed by atoms with Crippen molar-refractivity contribution < 1.29 is 4.48 Å². The van der Waals surface area contributed by atoms with Gasteiger partial charge in [0.2, 0.25) is 0 Å². The zero-order chi connectivity index (χ0) is 8.27. The Hall–Kier alpha value is -1.05. The van der Waals surface area contributed by atoms with E-state index in [9.17, 15) is 4.48 Å². The minimum atomic E-state index is -0.0996. The maximum Gasteiger partial charge on any atom is 0.0690 e. The number of benzene rings is 1. The van der Waals surface area contributed by atoms with E-state index in [1.807, 2.05) is 32.0 Å². The maximum absolute atomic E-state index is 13.1. The third-order valence-corrected chi connectivity index (χ3v) is 1.46. The third kappa shape index (κ3) is 1.93. The highest BCUT2D eigenvalue weighted by Gasteiger charge is 2.06. The van der Waals surface area contributed by atoms with Gasteiger partial charge in [-0.1, -0.05) is 22.7 Å². The molecule has 0 amide bonds. The van der Waals surface area contributed by atoms with Crippen LogP contribution in [0.5, 0.6) is 0 Å². The van der Waals surface area contributed by atoms with E-state index in [4.69, 9.17) is 0 Å². The van der Waals surface area contributed by atoms with Crippen molar-refractivity contribution in [3.8, 4) is 0 Å². The number of hydrogen-bond acceptors (Lipinski definition) is 1. The lowest BCUT2D eigenvalue weighted by Crippen LogP contribution is -2.20. The van der Waals surface area contributed by atoms with Gasteiger partial charge in [0.15, 0.2) is 0 Å². The van der Waals surface area contributed by atoms with Crippen molar-refractivity contribution >= 4 is 5.69 Å². The largest absolute Gasteiger partial charge is 0.209 e. The van der Waals surface area contributed by atoms with Crippen LogP contribution >= 0.6 is 0 Å². The first-order valence-corrected chi connectivity index (χ1v) is 3.72. The average Bonchev–Trinajstić information content (AvgIpc) is 2.05. The van der Waals surface area contributed by atoms with E-state index in [0.717, 1.165) is 5.12 Å². The normalized spacial score (nSPS) is 10.2. The van der Waals surface area contributed by atoms with Gasteiger partial charge < -0.3 is 0 Å². The van der Waals surface area contributed by atoms with Crippen LogP contribution in [-0.2, 0) is 0 Å². The summed E-state index contributed by atoms with van der Waals surface area (Å²) in [6.07, 6.45) is 0. The molecular weight excluding hydrogens is 141 g/mol. The molecule has 0 radical (unpaired) electrons. The van der Waals surface area contributed by atoms with Gasteiger partial charge in [0, 0.05) is 0 Å². The SMILES string of the molecule is CC(C)N(F)c1ccccc1. The standard InChI is InChI=1S/C9H12FN/c1-8(2)11(10)9-6-4-3-5-7-9/h3-8H,1-2H3. The van der Waals surface area contributed by atoms with Crippen LogP contribution in [-0.4, -0.2) is 6.04 Å². The molecule has 0 heterocycles. The highest BCUT2D eigenvalue weighted by molar-refractivity contribution is 5.43. The zero-order valence-electron chi connectivity index (χ0n) is 6.79. The monoisotopic (exact) mass is 153 g/mol. The van der Waals surface area contributed by atoms with E-state index in [2.05, 4.69) is 0 Å². The Kier molecular flexibility index (Phi) is 2.47. The Labute approximate surface area is 66.4 Å². The Morgan fingerprint density at radius 1 is 1.18 bits per heavy atom. The second-order valence-electron chi connectivity index (χ2n) is 2.74. The topological polar surface area (TPSA) is 3.24 Å². The molecule has 0 fully saturated rings. The Bertz CT molecular complexity index is 208. The molecule has 0 aliphatic carbocycles. The summed E-state index contributed by atoms with van der Waals surface area (Å²) in [4.78, 5) is 0. The van der Waals surface area contributed by atoms with Crippen molar-refractivity contribution in [2.45, 2.75) is 19.9 Å². The molecule has 0 unspecified atom stereocenters. The molecule has 1 aromatic carbocycles. The number of halogens is 1. The summed E-state index contributed by atoms with van der Waals surface area (Å²) in [5.41, 5.74) is 0.613. The fourth-order valence-corrected chi connectivity index (χ4v) is 0.869. The number of para-hydroxylation sites is 1. The molecule has 0 saturated heterocycles. The average molecular weight is 153 g/mol. The molecule has 0 aliphatic rings. The molecule has 0 atom stereocenters. The van der Waals surface area contributed by atoms with Crippen molar-refractivity contribution in [1.29, 1.82) is 0 Å². The summed E-state index contributed by atoms with van der Waals surface area (Å²) < 4.78 is 13.1. The highest BCUT2D eigenvalue weighted by atomic mass is 19.2. The van der Waals surface area contributed by atoms with Gasteiger partial charge in [0.1, 0.15) is 0 Å². The minimum absolute atomic E-state index is 0.0996. The van der Waals surface area contributed by atoms with Gasteiger partial charge in [0.05, 0.1) is 11.7 Å². The maximum atomic E-state index is 13.1. The molecule has 0 saturated carbocycles. The first-order chi connectivity index (χ1) is 5.22. The molecule has 0 bridgehead atoms. The molecule has 60 valence electrons. The molecule has 0 spiro atoms. The van der Waals surface area contributed by atoms with E-state index >= 15 is 0 Å². The second-order valence-corrected chi connectivity index (χ2v) is 2.74. The molecule has 2 heteroatoms. The number of rotatable bonds is 2. The van der Waals surface area contributed by atoms with Gasteiger partial charge in [-0.2, -0.15) is 0 Å². The molecule has 0 aromatic heterocycles. The van der Waals surface area contributed by atoms with Crippen molar-refractivity contribution in [2.24, 2.45) is 0 Å². The van der Waals surface area contributed by atoms with Crippen LogP contribution in [0.15, 0.2) is 30.3 Å². The second kappa shape index (κ2) is 3.37. The van der Waals surface area contributed by atoms with E-state index in [0.29, 0.717) is 5.69 Å². The molecule has 11 heavy (non-hydrogen) atoms. The Morgan fingerprint density at radius 2 is 1.73 bits per heavy atom. The van der Waals surface area contributed by atoms with Gasteiger partial charge in [-0.25, -0.2) is 5.12 Å². The number of anilines is 1. The van der Waals surface area contributed by atoms with Crippen LogP contribution < -0.4 is 5.12 Å². The van der Waals surface area contributed by atoms with E-state index in [1.54, 1.807) is 12.1 Å². The molecule has 1 aromatic rings. The summed E-state index contributed by atoms with van der Waals surface area (Å²) in [6.45, 7) is 3.62. The summed E-state index contributed by atoms with van der Waals surface area (Å²) in [7, 11) is 0. The first kappa shape index (κ1) is 8.05. The first-order valence-electron chi connectivity index (χ1n) is 3.72. The lowest BCUT2D eigenvalue weighted by atomic mass is 10.3. The Balaban J connectivity index is 2.77. The summed E-state index contributed by atoms with van der Waals surface area (Å²) >= 11 is 0. The van der Waals surface area contributed by atoms with Gasteiger partial charge in [-0.05, 0) is 26.0 Å². The van der Waals surface area contributed by atoms with Crippen LogP contribution in [0.2, 0.25) is 0 Å². The van der Waals surface area contributed by atoms with E-state index < -0.39 is 0 Å². The summed E-state index contributed by atoms with van der Waals surface area (Å²) in [6, 6.07) is 8.92. The van der Waals surface area contributed by atoms with Crippen molar-refractivity contribution in [2.75, 3.05) is 5.12 Å². The van der Waals surface area contributed by atoms with Crippen LogP contribution in [0.4, 0.5) is 10.2 Å². The highest BCUT2D eigenvalue weighted by Crippen LogP contribution is 2.15. The van der Waals surface area contributed by atoms with Gasteiger partial charge >= 0.3 is 0 Å². The van der Waals surface area contributed by atoms with Crippen molar-refractivity contribution in [3.63, 3.8) is 0 Å². The van der Waals surface area contributed by atoms with Gasteiger partial charge in [-0.15, -0.1) is 0 Å². The van der Waals surface area contributed by atoms with Crippen molar-refractivity contribution in [3.05, 3.63) is 30.3 Å². The molecule has 1 nitrogen and oxygen atoms in total. The van der Waals surface area contributed by atoms with Crippen LogP contribution in [0.3, 0.4) is 0 Å². The molecule has 0 aliphatic heterocycles. The lowest BCUT2D eigenvalue weighted by Gasteiger charge is -2.17. The van der Waals surface area contributed by atoms with Gasteiger partial charge in [0.25, 0.3) is 0 Å². The smallest absolute Gasteiger partial charge is 0.0690 e. The minimum Gasteiger partial charge on any atom is -0.209 e. The fraction of sp³-hybridized carbons (Fsp3) is 0.333. The third-order valence-electron chi connectivity index (χ3n) is 1.46. The van der Waals surface area contributed by atoms with Crippen molar-refractivity contribution in [1.82, 2.24) is 0 Å². The summed E-state index contributed by atoms with van der Waals surface area (Å²) in [5.74, 6) is 0. The van der Waals surface area contributed by atoms with Crippen LogP contribution in [0.1, 0.15) is 13.8 Å². The lowest BCUT2D eigenvalue weighted by molar-refractivity contribution is 0.392. The van der Waals surface area contributed by atoms with E-state index in [-0.39, 0.29) is 6.04 Å². The van der Waals surface area contributed by atoms with Crippen LogP contribution in [0.25, 0.3) is 0 Å². The molecule has 0 N–H and O–H groups in total. The number of hydrogen-bond donors (Lipinski definition) is 0. The summed E-state index contributed by atoms with van der Waals surface area (Å²) in [5, 5.41) is 0.750. The zero-order valence-corrected chi connectivity index (χ0v) is 6.79. The van der Waals surface area contributed by atoms with Crippen LogP contribution in [0, 0.1) is 0 Å². The van der Waals surface area contributed by atoms with Gasteiger partial charge in [-0.3, -0.25) is 0 Å². The number of nitrogens with zero attached hydrogens (tertiary/aromatic N) is 1. The molecular formula is C9H12FN.